The fraction of sp³-hybridized carbons (Fsp3) is 0.154. The van der Waals surface area contributed by atoms with Crippen molar-refractivity contribution in [1.82, 2.24) is 9.88 Å². The topological polar surface area (TPSA) is 79.2 Å². The minimum absolute atomic E-state index is 0.123. The zero-order chi connectivity index (χ0) is 14.7. The quantitative estimate of drug-likeness (QED) is 0.688. The summed E-state index contributed by atoms with van der Waals surface area (Å²) < 4.78 is 0.914. The molecule has 20 heavy (non-hydrogen) atoms. The van der Waals surface area contributed by atoms with Crippen LogP contribution >= 0.6 is 15.9 Å². The summed E-state index contributed by atoms with van der Waals surface area (Å²) >= 11 is 3.42. The van der Waals surface area contributed by atoms with Gasteiger partial charge in [0, 0.05) is 24.1 Å². The molecular formula is C13H12BrN3O3. The molecule has 0 spiro atoms. The van der Waals surface area contributed by atoms with Crippen LogP contribution in [0.1, 0.15) is 16.1 Å². The first-order chi connectivity index (χ1) is 9.49. The van der Waals surface area contributed by atoms with Gasteiger partial charge in [0.05, 0.1) is 11.1 Å². The predicted molar refractivity (Wildman–Crippen MR) is 77.4 cm³/mol. The Labute approximate surface area is 123 Å². The molecule has 6 nitrogen and oxygen atoms in total. The van der Waals surface area contributed by atoms with Crippen LogP contribution in [0.25, 0.3) is 0 Å². The number of nitrogens with zero attached hydrogens (tertiary/aromatic N) is 2. The number of nitro groups is 1. The molecule has 1 aromatic carbocycles. The summed E-state index contributed by atoms with van der Waals surface area (Å²) in [5.74, 6) is -0.297. The lowest BCUT2D eigenvalue weighted by Crippen LogP contribution is -2.26. The predicted octanol–water partition coefficient (Wildman–Crippen LogP) is 2.96. The SMILES string of the molecule is CN(Cc1ccccc1Br)C(=O)c1cc([N+](=O)[O-])c[nH]1. The average Bonchev–Trinajstić information content (AvgIpc) is 2.90. The number of carbonyl (C=O) groups excluding carboxylic acids is 1. The molecule has 0 aliphatic carbocycles. The first-order valence-corrected chi connectivity index (χ1v) is 6.60. The van der Waals surface area contributed by atoms with Crippen LogP contribution < -0.4 is 0 Å². The Morgan fingerprint density at radius 1 is 1.45 bits per heavy atom. The Morgan fingerprint density at radius 3 is 2.75 bits per heavy atom. The third-order valence-electron chi connectivity index (χ3n) is 2.82. The normalized spacial score (nSPS) is 10.3. The van der Waals surface area contributed by atoms with Crippen LogP contribution in [0, 0.1) is 10.1 Å². The summed E-state index contributed by atoms with van der Waals surface area (Å²) in [6, 6.07) is 8.82. The number of amides is 1. The maximum absolute atomic E-state index is 12.2. The van der Waals surface area contributed by atoms with Gasteiger partial charge >= 0.3 is 0 Å². The first kappa shape index (κ1) is 14.3. The van der Waals surface area contributed by atoms with Crippen LogP contribution in [-0.2, 0) is 6.54 Å². The molecule has 0 bridgehead atoms. The summed E-state index contributed by atoms with van der Waals surface area (Å²) in [4.78, 5) is 26.3. The van der Waals surface area contributed by atoms with Crippen LogP contribution in [0.5, 0.6) is 0 Å². The third-order valence-corrected chi connectivity index (χ3v) is 3.59. The molecule has 104 valence electrons. The number of aromatic amines is 1. The molecule has 0 fully saturated rings. The number of hydrogen-bond acceptors (Lipinski definition) is 3. The summed E-state index contributed by atoms with van der Waals surface area (Å²) in [5, 5.41) is 10.6. The van der Waals surface area contributed by atoms with Crippen LogP contribution in [0.3, 0.4) is 0 Å². The van der Waals surface area contributed by atoms with Gasteiger partial charge in [-0.25, -0.2) is 0 Å². The van der Waals surface area contributed by atoms with Crippen molar-refractivity contribution < 1.29 is 9.72 Å². The van der Waals surface area contributed by atoms with Gasteiger partial charge in [-0.15, -0.1) is 0 Å². The minimum atomic E-state index is -0.541. The summed E-state index contributed by atoms with van der Waals surface area (Å²) in [6.45, 7) is 0.410. The highest BCUT2D eigenvalue weighted by Crippen LogP contribution is 2.19. The summed E-state index contributed by atoms with van der Waals surface area (Å²) in [7, 11) is 1.65. The van der Waals surface area contributed by atoms with E-state index in [4.69, 9.17) is 0 Å². The van der Waals surface area contributed by atoms with E-state index < -0.39 is 4.92 Å². The molecular weight excluding hydrogens is 326 g/mol. The fourth-order valence-corrected chi connectivity index (χ4v) is 2.18. The molecule has 0 unspecified atom stereocenters. The molecule has 0 radical (unpaired) electrons. The lowest BCUT2D eigenvalue weighted by atomic mass is 10.2. The molecule has 7 heteroatoms. The van der Waals surface area contributed by atoms with Gasteiger partial charge in [0.25, 0.3) is 11.6 Å². The van der Waals surface area contributed by atoms with Gasteiger partial charge in [0.15, 0.2) is 0 Å². The minimum Gasteiger partial charge on any atom is -0.351 e. The molecule has 1 aromatic heterocycles. The van der Waals surface area contributed by atoms with E-state index in [1.54, 1.807) is 7.05 Å². The van der Waals surface area contributed by atoms with E-state index in [-0.39, 0.29) is 17.3 Å². The van der Waals surface area contributed by atoms with E-state index in [2.05, 4.69) is 20.9 Å². The van der Waals surface area contributed by atoms with Crippen molar-refractivity contribution in [1.29, 1.82) is 0 Å². The Morgan fingerprint density at radius 2 is 2.15 bits per heavy atom. The third kappa shape index (κ3) is 3.05. The largest absolute Gasteiger partial charge is 0.351 e. The lowest BCUT2D eigenvalue weighted by molar-refractivity contribution is -0.384. The van der Waals surface area contributed by atoms with Gasteiger partial charge < -0.3 is 9.88 Å². The van der Waals surface area contributed by atoms with Crippen molar-refractivity contribution in [2.24, 2.45) is 0 Å². The van der Waals surface area contributed by atoms with Gasteiger partial charge in [-0.3, -0.25) is 14.9 Å². The second kappa shape index (κ2) is 5.87. The summed E-state index contributed by atoms with van der Waals surface area (Å²) in [6.07, 6.45) is 1.21. The molecule has 2 aromatic rings. The van der Waals surface area contributed by atoms with Crippen molar-refractivity contribution >= 4 is 27.5 Å². The van der Waals surface area contributed by atoms with Crippen molar-refractivity contribution in [3.8, 4) is 0 Å². The van der Waals surface area contributed by atoms with Crippen molar-refractivity contribution in [3.05, 3.63) is 62.4 Å². The number of aromatic nitrogens is 1. The average molecular weight is 338 g/mol. The molecule has 0 saturated heterocycles. The number of hydrogen-bond donors (Lipinski definition) is 1. The Kier molecular flexibility index (Phi) is 4.19. The number of halogens is 1. The van der Waals surface area contributed by atoms with Crippen LogP contribution in [0.15, 0.2) is 41.0 Å². The zero-order valence-corrected chi connectivity index (χ0v) is 12.3. The zero-order valence-electron chi connectivity index (χ0n) is 10.7. The molecule has 1 amide bonds. The standard InChI is InChI=1S/C13H12BrN3O3/c1-16(8-9-4-2-3-5-11(9)14)13(18)12-6-10(7-15-12)17(19)20/h2-7,15H,8H2,1H3. The van der Waals surface area contributed by atoms with Gasteiger partial charge in [0.2, 0.25) is 0 Å². The van der Waals surface area contributed by atoms with E-state index >= 15 is 0 Å². The monoisotopic (exact) mass is 337 g/mol. The first-order valence-electron chi connectivity index (χ1n) is 5.80. The van der Waals surface area contributed by atoms with E-state index in [9.17, 15) is 14.9 Å². The molecule has 1 heterocycles. The number of nitrogens with one attached hydrogen (secondary N) is 1. The van der Waals surface area contributed by atoms with Crippen LogP contribution in [-0.4, -0.2) is 27.8 Å². The van der Waals surface area contributed by atoms with Gasteiger partial charge in [-0.05, 0) is 11.6 Å². The fourth-order valence-electron chi connectivity index (χ4n) is 1.77. The maximum atomic E-state index is 12.2. The van der Waals surface area contributed by atoms with Gasteiger partial charge in [0.1, 0.15) is 5.69 Å². The van der Waals surface area contributed by atoms with Crippen molar-refractivity contribution in [2.45, 2.75) is 6.54 Å². The van der Waals surface area contributed by atoms with Crippen LogP contribution in [0.2, 0.25) is 0 Å². The van der Waals surface area contributed by atoms with Crippen molar-refractivity contribution in [3.63, 3.8) is 0 Å². The highest BCUT2D eigenvalue weighted by atomic mass is 79.9. The van der Waals surface area contributed by atoms with Gasteiger partial charge in [-0.1, -0.05) is 34.1 Å². The van der Waals surface area contributed by atoms with E-state index in [1.807, 2.05) is 24.3 Å². The molecule has 0 saturated carbocycles. The highest BCUT2D eigenvalue weighted by Gasteiger charge is 2.18. The van der Waals surface area contributed by atoms with Crippen molar-refractivity contribution in [2.75, 3.05) is 7.05 Å². The van der Waals surface area contributed by atoms with E-state index in [0.717, 1.165) is 10.0 Å². The molecule has 2 rings (SSSR count). The highest BCUT2D eigenvalue weighted by molar-refractivity contribution is 9.10. The Bertz CT molecular complexity index is 654. The number of H-pyrrole nitrogens is 1. The molecule has 1 N–H and O–H groups in total. The second-order valence-corrected chi connectivity index (χ2v) is 5.14. The Balaban J connectivity index is 2.12. The van der Waals surface area contributed by atoms with E-state index in [1.165, 1.54) is 17.2 Å². The van der Waals surface area contributed by atoms with Gasteiger partial charge in [-0.2, -0.15) is 0 Å². The molecule has 0 aliphatic heterocycles. The van der Waals surface area contributed by atoms with Crippen LogP contribution in [0.4, 0.5) is 5.69 Å². The maximum Gasteiger partial charge on any atom is 0.287 e. The number of rotatable bonds is 4. The smallest absolute Gasteiger partial charge is 0.287 e. The lowest BCUT2D eigenvalue weighted by Gasteiger charge is -2.17. The number of carbonyl (C=O) groups is 1. The molecule has 0 aliphatic rings. The Hall–Kier alpha value is -2.15. The van der Waals surface area contributed by atoms with E-state index in [0.29, 0.717) is 6.54 Å². The second-order valence-electron chi connectivity index (χ2n) is 4.28. The molecule has 0 atom stereocenters. The number of benzene rings is 1. The summed E-state index contributed by atoms with van der Waals surface area (Å²) in [5.41, 5.74) is 1.04.